The summed E-state index contributed by atoms with van der Waals surface area (Å²) in [7, 11) is 0. The smallest absolute Gasteiger partial charge is 0.302 e. The van der Waals surface area contributed by atoms with Crippen molar-refractivity contribution in [1.82, 2.24) is 9.97 Å². The molecule has 156 valence electrons. The SMILES string of the molecule is CCOc1ccc(/C(O)=C2\C(=O)C(=O)N(c3ncccn3)[C@@H]2c2ccc(F)cc2)cc1. The summed E-state index contributed by atoms with van der Waals surface area (Å²) in [5.41, 5.74) is 0.635. The summed E-state index contributed by atoms with van der Waals surface area (Å²) in [5.74, 6) is -1.98. The number of hydrogen-bond donors (Lipinski definition) is 1. The topological polar surface area (TPSA) is 92.6 Å². The number of carbonyl (C=O) groups is 2. The Bertz CT molecular complexity index is 1150. The van der Waals surface area contributed by atoms with E-state index < -0.39 is 23.5 Å². The minimum absolute atomic E-state index is 0.00432. The molecule has 0 saturated carbocycles. The van der Waals surface area contributed by atoms with Crippen molar-refractivity contribution in [2.24, 2.45) is 0 Å². The lowest BCUT2D eigenvalue weighted by atomic mass is 9.95. The van der Waals surface area contributed by atoms with Crippen molar-refractivity contribution >= 4 is 23.4 Å². The lowest BCUT2D eigenvalue weighted by Crippen LogP contribution is -2.31. The summed E-state index contributed by atoms with van der Waals surface area (Å²) in [6.07, 6.45) is 2.88. The van der Waals surface area contributed by atoms with E-state index in [1.807, 2.05) is 6.92 Å². The van der Waals surface area contributed by atoms with Gasteiger partial charge in [-0.3, -0.25) is 14.5 Å². The molecule has 0 spiro atoms. The molecule has 3 aromatic rings. The van der Waals surface area contributed by atoms with Crippen LogP contribution in [0.4, 0.5) is 10.3 Å². The molecule has 31 heavy (non-hydrogen) atoms. The van der Waals surface area contributed by atoms with Crippen molar-refractivity contribution in [3.05, 3.63) is 89.5 Å². The Morgan fingerprint density at radius 2 is 1.71 bits per heavy atom. The van der Waals surface area contributed by atoms with Gasteiger partial charge < -0.3 is 9.84 Å². The summed E-state index contributed by atoms with van der Waals surface area (Å²) in [6, 6.07) is 12.4. The van der Waals surface area contributed by atoms with Gasteiger partial charge in [0, 0.05) is 18.0 Å². The van der Waals surface area contributed by atoms with Gasteiger partial charge in [0.1, 0.15) is 17.3 Å². The van der Waals surface area contributed by atoms with Gasteiger partial charge in [0.2, 0.25) is 5.95 Å². The minimum atomic E-state index is -1.02. The number of halogens is 1. The molecule has 1 amide bonds. The maximum absolute atomic E-state index is 13.5. The fourth-order valence-electron chi connectivity index (χ4n) is 3.45. The standard InChI is InChI=1S/C23H18FN3O4/c1-2-31-17-10-6-15(7-11-17)20(28)18-19(14-4-8-16(24)9-5-14)27(22(30)21(18)29)23-25-12-3-13-26-23/h3-13,19,28H,2H2,1H3/b20-18+/t19-/m1/s1. The largest absolute Gasteiger partial charge is 0.507 e. The lowest BCUT2D eigenvalue weighted by Gasteiger charge is -2.23. The second-order valence-electron chi connectivity index (χ2n) is 6.73. The van der Waals surface area contributed by atoms with Crippen LogP contribution in [0.2, 0.25) is 0 Å². The number of ether oxygens (including phenoxy) is 1. The van der Waals surface area contributed by atoms with Gasteiger partial charge in [0.05, 0.1) is 18.2 Å². The predicted molar refractivity (Wildman–Crippen MR) is 111 cm³/mol. The molecular weight excluding hydrogens is 401 g/mol. The predicted octanol–water partition coefficient (Wildman–Crippen LogP) is 3.64. The van der Waals surface area contributed by atoms with Crippen LogP contribution in [0, 0.1) is 5.82 Å². The van der Waals surface area contributed by atoms with Gasteiger partial charge in [0.15, 0.2) is 0 Å². The molecule has 8 heteroatoms. The molecule has 1 aromatic heterocycles. The summed E-state index contributed by atoms with van der Waals surface area (Å²) < 4.78 is 18.9. The van der Waals surface area contributed by atoms with Gasteiger partial charge in [-0.2, -0.15) is 0 Å². The maximum Gasteiger partial charge on any atom is 0.302 e. The summed E-state index contributed by atoms with van der Waals surface area (Å²) in [6.45, 7) is 2.34. The lowest BCUT2D eigenvalue weighted by molar-refractivity contribution is -0.132. The van der Waals surface area contributed by atoms with E-state index in [9.17, 15) is 19.1 Å². The summed E-state index contributed by atoms with van der Waals surface area (Å²) in [4.78, 5) is 35.1. The van der Waals surface area contributed by atoms with Crippen LogP contribution < -0.4 is 9.64 Å². The second-order valence-corrected chi connectivity index (χ2v) is 6.73. The average molecular weight is 419 g/mol. The number of aromatic nitrogens is 2. The number of Topliss-reactive ketones (excluding diaryl/α,β-unsaturated/α-hetero) is 1. The van der Waals surface area contributed by atoms with E-state index >= 15 is 0 Å². The molecule has 1 saturated heterocycles. The number of benzene rings is 2. The van der Waals surface area contributed by atoms with Gasteiger partial charge in [-0.05, 0) is 55.0 Å². The van der Waals surface area contributed by atoms with Crippen LogP contribution in [0.15, 0.2) is 72.6 Å². The van der Waals surface area contributed by atoms with E-state index in [1.54, 1.807) is 30.3 Å². The molecule has 1 N–H and O–H groups in total. The first-order valence-corrected chi connectivity index (χ1v) is 9.58. The average Bonchev–Trinajstić information content (AvgIpc) is 3.06. The van der Waals surface area contributed by atoms with Crippen LogP contribution in [-0.2, 0) is 9.59 Å². The first-order valence-electron chi connectivity index (χ1n) is 9.58. The monoisotopic (exact) mass is 419 g/mol. The van der Waals surface area contributed by atoms with Crippen LogP contribution in [0.5, 0.6) is 5.75 Å². The molecule has 1 fully saturated rings. The Labute approximate surface area is 177 Å². The molecule has 2 heterocycles. The zero-order valence-electron chi connectivity index (χ0n) is 16.5. The van der Waals surface area contributed by atoms with Gasteiger partial charge >= 0.3 is 5.91 Å². The van der Waals surface area contributed by atoms with Crippen LogP contribution in [0.3, 0.4) is 0 Å². The normalized spacial score (nSPS) is 17.7. The third kappa shape index (κ3) is 3.75. The van der Waals surface area contributed by atoms with E-state index in [1.165, 1.54) is 36.7 Å². The molecule has 0 bridgehead atoms. The number of hydrogen-bond acceptors (Lipinski definition) is 6. The van der Waals surface area contributed by atoms with E-state index in [2.05, 4.69) is 9.97 Å². The number of anilines is 1. The van der Waals surface area contributed by atoms with Gasteiger partial charge in [-0.15, -0.1) is 0 Å². The Kier molecular flexibility index (Phi) is 5.44. The van der Waals surface area contributed by atoms with Gasteiger partial charge in [-0.25, -0.2) is 14.4 Å². The number of nitrogens with zero attached hydrogens (tertiary/aromatic N) is 3. The molecule has 0 radical (unpaired) electrons. The fraction of sp³-hybridized carbons (Fsp3) is 0.130. The highest BCUT2D eigenvalue weighted by molar-refractivity contribution is 6.51. The molecular formula is C23H18FN3O4. The van der Waals surface area contributed by atoms with Crippen molar-refractivity contribution in [2.75, 3.05) is 11.5 Å². The molecule has 1 atom stereocenters. The first-order chi connectivity index (χ1) is 15.0. The zero-order chi connectivity index (χ0) is 22.0. The van der Waals surface area contributed by atoms with Gasteiger partial charge in [-0.1, -0.05) is 12.1 Å². The van der Waals surface area contributed by atoms with Crippen LogP contribution in [-0.4, -0.2) is 33.4 Å². The highest BCUT2D eigenvalue weighted by atomic mass is 19.1. The Balaban J connectivity index is 1.88. The van der Waals surface area contributed by atoms with Crippen molar-refractivity contribution in [3.63, 3.8) is 0 Å². The Hall–Kier alpha value is -4.07. The number of aliphatic hydroxyl groups is 1. The number of carbonyl (C=O) groups excluding carboxylic acids is 2. The maximum atomic E-state index is 13.5. The number of amides is 1. The molecule has 1 aliphatic rings. The quantitative estimate of drug-likeness (QED) is 0.386. The van der Waals surface area contributed by atoms with Crippen LogP contribution >= 0.6 is 0 Å². The first kappa shape index (κ1) is 20.2. The Morgan fingerprint density at radius 3 is 2.32 bits per heavy atom. The molecule has 4 rings (SSSR count). The van der Waals surface area contributed by atoms with E-state index in [4.69, 9.17) is 4.74 Å². The van der Waals surface area contributed by atoms with Gasteiger partial charge in [0.25, 0.3) is 5.78 Å². The van der Waals surface area contributed by atoms with E-state index in [-0.39, 0.29) is 17.3 Å². The van der Waals surface area contributed by atoms with Crippen molar-refractivity contribution in [3.8, 4) is 5.75 Å². The van der Waals surface area contributed by atoms with Crippen molar-refractivity contribution < 1.29 is 23.8 Å². The van der Waals surface area contributed by atoms with E-state index in [0.717, 1.165) is 4.90 Å². The molecule has 2 aromatic carbocycles. The second kappa shape index (κ2) is 8.35. The van der Waals surface area contributed by atoms with Crippen molar-refractivity contribution in [2.45, 2.75) is 13.0 Å². The highest BCUT2D eigenvalue weighted by Gasteiger charge is 2.48. The summed E-state index contributed by atoms with van der Waals surface area (Å²) in [5, 5.41) is 11.0. The fourth-order valence-corrected chi connectivity index (χ4v) is 3.45. The number of ketones is 1. The minimum Gasteiger partial charge on any atom is -0.507 e. The third-order valence-corrected chi connectivity index (χ3v) is 4.84. The summed E-state index contributed by atoms with van der Waals surface area (Å²) >= 11 is 0. The zero-order valence-corrected chi connectivity index (χ0v) is 16.5. The molecule has 7 nitrogen and oxygen atoms in total. The number of rotatable bonds is 5. The molecule has 1 aliphatic heterocycles. The third-order valence-electron chi connectivity index (χ3n) is 4.84. The molecule has 0 unspecified atom stereocenters. The Morgan fingerprint density at radius 1 is 1.06 bits per heavy atom. The van der Waals surface area contributed by atoms with E-state index in [0.29, 0.717) is 23.5 Å². The van der Waals surface area contributed by atoms with Crippen LogP contribution in [0.25, 0.3) is 5.76 Å². The van der Waals surface area contributed by atoms with Crippen molar-refractivity contribution in [1.29, 1.82) is 0 Å². The highest BCUT2D eigenvalue weighted by Crippen LogP contribution is 2.41. The number of aliphatic hydroxyl groups excluding tert-OH is 1. The van der Waals surface area contributed by atoms with Crippen LogP contribution in [0.1, 0.15) is 24.1 Å². The molecule has 0 aliphatic carbocycles.